The largest absolute Gasteiger partial charge is 0.436 e. The summed E-state index contributed by atoms with van der Waals surface area (Å²) in [6.07, 6.45) is 2.70. The van der Waals surface area contributed by atoms with Gasteiger partial charge in [0.1, 0.15) is 5.75 Å². The van der Waals surface area contributed by atoms with Gasteiger partial charge < -0.3 is 4.74 Å². The first-order chi connectivity index (χ1) is 16.0. The van der Waals surface area contributed by atoms with Crippen molar-refractivity contribution in [1.82, 2.24) is 9.97 Å². The van der Waals surface area contributed by atoms with Crippen molar-refractivity contribution >= 4 is 68.3 Å². The number of halogens is 2. The van der Waals surface area contributed by atoms with E-state index in [1.54, 1.807) is 35.2 Å². The van der Waals surface area contributed by atoms with Crippen LogP contribution in [0.3, 0.4) is 0 Å². The van der Waals surface area contributed by atoms with E-state index in [2.05, 4.69) is 9.97 Å². The number of anilines is 1. The van der Waals surface area contributed by atoms with E-state index in [1.165, 1.54) is 11.8 Å². The fourth-order valence-corrected chi connectivity index (χ4v) is 4.79. The zero-order chi connectivity index (χ0) is 22.9. The van der Waals surface area contributed by atoms with Gasteiger partial charge in [0, 0.05) is 5.39 Å². The van der Waals surface area contributed by atoms with Crippen LogP contribution >= 0.6 is 35.6 Å². The number of nitrogens with zero attached hydrogens (tertiary/aromatic N) is 3. The van der Waals surface area contributed by atoms with Crippen LogP contribution < -0.4 is 9.64 Å². The normalized spacial score (nSPS) is 15.0. The summed E-state index contributed by atoms with van der Waals surface area (Å²) in [5, 5.41) is 1.87. The highest BCUT2D eigenvalue weighted by Gasteiger charge is 2.34. The van der Waals surface area contributed by atoms with Crippen LogP contribution in [0.4, 0.5) is 10.1 Å². The average molecular weight is 494 g/mol. The molecule has 162 valence electrons. The zero-order valence-corrected chi connectivity index (χ0v) is 19.1. The molecule has 1 saturated heterocycles. The number of ether oxygens (including phenoxy) is 1. The monoisotopic (exact) mass is 493 g/mol. The predicted octanol–water partition coefficient (Wildman–Crippen LogP) is 6.62. The van der Waals surface area contributed by atoms with Crippen LogP contribution in [-0.2, 0) is 4.79 Å². The molecule has 0 N–H and O–H groups in total. The Balaban J connectivity index is 1.39. The summed E-state index contributed by atoms with van der Waals surface area (Å²) in [4.78, 5) is 22.6. The van der Waals surface area contributed by atoms with Gasteiger partial charge in [0.25, 0.3) is 11.8 Å². The summed E-state index contributed by atoms with van der Waals surface area (Å²) in [6.45, 7) is 0. The number of benzene rings is 3. The maximum absolute atomic E-state index is 13.8. The topological polar surface area (TPSA) is 55.3 Å². The van der Waals surface area contributed by atoms with Gasteiger partial charge in [-0.25, -0.2) is 4.98 Å². The van der Waals surface area contributed by atoms with Gasteiger partial charge in [0.15, 0.2) is 4.32 Å². The Kier molecular flexibility index (Phi) is 5.80. The van der Waals surface area contributed by atoms with E-state index in [0.717, 1.165) is 28.2 Å². The second-order valence-corrected chi connectivity index (χ2v) is 8.99. The van der Waals surface area contributed by atoms with Crippen molar-refractivity contribution in [2.45, 2.75) is 0 Å². The van der Waals surface area contributed by atoms with E-state index in [0.29, 0.717) is 15.0 Å². The summed E-state index contributed by atoms with van der Waals surface area (Å²) in [6, 6.07) is 20.4. The Morgan fingerprint density at radius 3 is 2.64 bits per heavy atom. The number of carbonyl (C=O) groups excluding carboxylic acids is 1. The molecule has 1 amide bonds. The van der Waals surface area contributed by atoms with Gasteiger partial charge in [-0.3, -0.25) is 9.69 Å². The number of hydrogen-bond donors (Lipinski definition) is 0. The number of thioether (sulfide) groups is 1. The lowest BCUT2D eigenvalue weighted by molar-refractivity contribution is -0.113. The van der Waals surface area contributed by atoms with E-state index >= 15 is 0 Å². The number of thiocarbonyl (C=S) groups is 1. The van der Waals surface area contributed by atoms with Crippen LogP contribution in [0.15, 0.2) is 77.8 Å². The lowest BCUT2D eigenvalue weighted by atomic mass is 10.1. The molecule has 4 aromatic rings. The fourth-order valence-electron chi connectivity index (χ4n) is 3.38. The third-order valence-corrected chi connectivity index (χ3v) is 6.36. The molecule has 5 rings (SSSR count). The molecule has 0 spiro atoms. The Hall–Kier alpha value is -3.33. The van der Waals surface area contributed by atoms with Crippen molar-refractivity contribution in [1.29, 1.82) is 0 Å². The fraction of sp³-hybridized carbons (Fsp3) is 0. The molecule has 1 aromatic heterocycles. The highest BCUT2D eigenvalue weighted by molar-refractivity contribution is 8.27. The Bertz CT molecular complexity index is 1440. The molecule has 5 nitrogen and oxygen atoms in total. The highest BCUT2D eigenvalue weighted by atomic mass is 35.5. The predicted molar refractivity (Wildman–Crippen MR) is 133 cm³/mol. The Morgan fingerprint density at radius 1 is 1.06 bits per heavy atom. The Morgan fingerprint density at radius 2 is 1.82 bits per heavy atom. The van der Waals surface area contributed by atoms with Gasteiger partial charge in [0.2, 0.25) is 11.1 Å². The third-order valence-electron chi connectivity index (χ3n) is 4.88. The Labute approximate surface area is 202 Å². The third kappa shape index (κ3) is 4.32. The molecule has 0 bridgehead atoms. The quantitative estimate of drug-likeness (QED) is 0.181. The van der Waals surface area contributed by atoms with E-state index < -0.39 is 5.82 Å². The van der Waals surface area contributed by atoms with Gasteiger partial charge in [-0.1, -0.05) is 72.5 Å². The van der Waals surface area contributed by atoms with Gasteiger partial charge >= 0.3 is 0 Å². The van der Waals surface area contributed by atoms with E-state index in [-0.39, 0.29) is 17.1 Å². The molecule has 3 aromatic carbocycles. The molecule has 1 aliphatic rings. The number of fused-ring (bicyclic) bond motifs is 1. The maximum atomic E-state index is 13.8. The molecule has 0 aliphatic carbocycles. The molecule has 0 saturated carbocycles. The summed E-state index contributed by atoms with van der Waals surface area (Å²) in [5.74, 6) is -0.803. The standard InChI is InChI=1S/C24H13ClFN3O2S2/c25-23-27-13-18(26)21(28-23)31-16-10-8-14(9-11-16)12-20-22(30)29(24(32)33-20)19-7-3-5-15-4-1-2-6-17(15)19/h1-13H/b20-12-. The highest BCUT2D eigenvalue weighted by Crippen LogP contribution is 2.39. The van der Waals surface area contributed by atoms with Crippen molar-refractivity contribution in [2.75, 3.05) is 4.90 Å². The molecule has 0 unspecified atom stereocenters. The lowest BCUT2D eigenvalue weighted by Crippen LogP contribution is -2.27. The van der Waals surface area contributed by atoms with Gasteiger partial charge in [-0.15, -0.1) is 0 Å². The molecule has 1 fully saturated rings. The minimum Gasteiger partial charge on any atom is -0.436 e. The van der Waals surface area contributed by atoms with Crippen LogP contribution in [0.1, 0.15) is 5.56 Å². The number of amides is 1. The van der Waals surface area contributed by atoms with E-state index in [4.69, 9.17) is 28.6 Å². The first kappa shape index (κ1) is 21.5. The summed E-state index contributed by atoms with van der Waals surface area (Å²) in [7, 11) is 0. The SMILES string of the molecule is O=C1/C(=C/c2ccc(Oc3nc(Cl)ncc3F)cc2)SC(=S)N1c1cccc2ccccc12. The maximum Gasteiger partial charge on any atom is 0.270 e. The van der Waals surface area contributed by atoms with E-state index in [1.807, 2.05) is 42.5 Å². The summed E-state index contributed by atoms with van der Waals surface area (Å²) in [5.41, 5.74) is 1.52. The lowest BCUT2D eigenvalue weighted by Gasteiger charge is -2.17. The molecule has 1 aliphatic heterocycles. The van der Waals surface area contributed by atoms with Gasteiger partial charge in [-0.2, -0.15) is 9.37 Å². The minimum absolute atomic E-state index is 0.115. The molecular formula is C24H13ClFN3O2S2. The van der Waals surface area contributed by atoms with Crippen molar-refractivity contribution in [3.8, 4) is 11.6 Å². The van der Waals surface area contributed by atoms with Crippen molar-refractivity contribution in [2.24, 2.45) is 0 Å². The van der Waals surface area contributed by atoms with Crippen LogP contribution in [0.5, 0.6) is 11.6 Å². The smallest absolute Gasteiger partial charge is 0.270 e. The molecule has 9 heteroatoms. The molecule has 0 radical (unpaired) electrons. The van der Waals surface area contributed by atoms with Gasteiger partial charge in [-0.05, 0) is 46.8 Å². The molecular weight excluding hydrogens is 481 g/mol. The number of rotatable bonds is 4. The average Bonchev–Trinajstić information content (AvgIpc) is 3.09. The van der Waals surface area contributed by atoms with Crippen LogP contribution in [0.2, 0.25) is 5.28 Å². The molecule has 2 heterocycles. The first-order valence-electron chi connectivity index (χ1n) is 9.71. The number of aromatic nitrogens is 2. The molecule has 0 atom stereocenters. The van der Waals surface area contributed by atoms with Gasteiger partial charge in [0.05, 0.1) is 16.8 Å². The number of carbonyl (C=O) groups is 1. The zero-order valence-electron chi connectivity index (χ0n) is 16.7. The first-order valence-corrected chi connectivity index (χ1v) is 11.3. The number of hydrogen-bond acceptors (Lipinski definition) is 6. The minimum atomic E-state index is -0.722. The van der Waals surface area contributed by atoms with Crippen molar-refractivity contribution < 1.29 is 13.9 Å². The van der Waals surface area contributed by atoms with Crippen LogP contribution in [-0.4, -0.2) is 20.2 Å². The second-order valence-electron chi connectivity index (χ2n) is 6.98. The van der Waals surface area contributed by atoms with Crippen LogP contribution in [0, 0.1) is 5.82 Å². The molecule has 33 heavy (non-hydrogen) atoms. The van der Waals surface area contributed by atoms with Crippen molar-refractivity contribution in [3.63, 3.8) is 0 Å². The second kappa shape index (κ2) is 8.90. The van der Waals surface area contributed by atoms with E-state index in [9.17, 15) is 9.18 Å². The summed E-state index contributed by atoms with van der Waals surface area (Å²) >= 11 is 12.5. The van der Waals surface area contributed by atoms with Crippen molar-refractivity contribution in [3.05, 3.63) is 94.5 Å². The summed E-state index contributed by atoms with van der Waals surface area (Å²) < 4.78 is 19.7. The van der Waals surface area contributed by atoms with Crippen LogP contribution in [0.25, 0.3) is 16.8 Å².